The first-order valence-electron chi connectivity index (χ1n) is 9.98. The quantitative estimate of drug-likeness (QED) is 0.336. The molecule has 0 radical (unpaired) electrons. The highest BCUT2D eigenvalue weighted by Crippen LogP contribution is 2.19. The number of ether oxygens (including phenoxy) is 1. The molecule has 0 aromatic heterocycles. The van der Waals surface area contributed by atoms with Crippen LogP contribution in [0.3, 0.4) is 0 Å². The molecule has 0 saturated carbocycles. The van der Waals surface area contributed by atoms with E-state index in [1.54, 1.807) is 0 Å². The van der Waals surface area contributed by atoms with Crippen molar-refractivity contribution in [1.82, 2.24) is 15.1 Å². The second-order valence-electron chi connectivity index (χ2n) is 8.24. The van der Waals surface area contributed by atoms with Gasteiger partial charge >= 0.3 is 0 Å². The average Bonchev–Trinajstić information content (AvgIpc) is 3.22. The number of hydrogen-bond donors (Lipinski definition) is 1. The van der Waals surface area contributed by atoms with Gasteiger partial charge < -0.3 is 15.0 Å². The Morgan fingerprint density at radius 3 is 2.59 bits per heavy atom. The molecule has 0 spiro atoms. The predicted octanol–water partition coefficient (Wildman–Crippen LogP) is 1.05. The molecular formula is C18H35IN4O3S. The molecule has 9 heteroatoms. The summed E-state index contributed by atoms with van der Waals surface area (Å²) in [6, 6.07) is 0.566. The summed E-state index contributed by atoms with van der Waals surface area (Å²) in [7, 11) is -2.82. The summed E-state index contributed by atoms with van der Waals surface area (Å²) in [5, 5.41) is 3.49. The zero-order valence-corrected chi connectivity index (χ0v) is 19.7. The van der Waals surface area contributed by atoms with Gasteiger partial charge in [-0.1, -0.05) is 13.8 Å². The van der Waals surface area contributed by atoms with Crippen LogP contribution >= 0.6 is 24.0 Å². The summed E-state index contributed by atoms with van der Waals surface area (Å²) < 4.78 is 28.9. The van der Waals surface area contributed by atoms with Crippen molar-refractivity contribution >= 4 is 39.8 Å². The zero-order valence-electron chi connectivity index (χ0n) is 16.6. The van der Waals surface area contributed by atoms with Crippen LogP contribution in [-0.4, -0.2) is 94.2 Å². The van der Waals surface area contributed by atoms with Crippen molar-refractivity contribution in [1.29, 1.82) is 0 Å². The molecule has 0 bridgehead atoms. The smallest absolute Gasteiger partial charge is 0.193 e. The van der Waals surface area contributed by atoms with Crippen LogP contribution in [0.15, 0.2) is 4.99 Å². The second-order valence-corrected chi connectivity index (χ2v) is 10.5. The van der Waals surface area contributed by atoms with Crippen LogP contribution in [0.25, 0.3) is 0 Å². The average molecular weight is 514 g/mol. The van der Waals surface area contributed by atoms with Gasteiger partial charge in [0, 0.05) is 45.3 Å². The Balaban J connectivity index is 0.00000261. The van der Waals surface area contributed by atoms with Gasteiger partial charge in [0.15, 0.2) is 15.8 Å². The van der Waals surface area contributed by atoms with Crippen LogP contribution in [0.5, 0.6) is 0 Å². The van der Waals surface area contributed by atoms with Crippen LogP contribution in [0.4, 0.5) is 0 Å². The maximum atomic E-state index is 11.7. The van der Waals surface area contributed by atoms with Crippen molar-refractivity contribution in [2.45, 2.75) is 32.7 Å². The maximum Gasteiger partial charge on any atom is 0.193 e. The number of morpholine rings is 1. The molecule has 3 aliphatic rings. The van der Waals surface area contributed by atoms with Crippen molar-refractivity contribution in [3.8, 4) is 0 Å². The Hall–Kier alpha value is -0.130. The number of aliphatic imine (C=N–C) groups is 1. The van der Waals surface area contributed by atoms with Gasteiger partial charge in [-0.2, -0.15) is 0 Å². The number of sulfone groups is 1. The summed E-state index contributed by atoms with van der Waals surface area (Å²) in [5.41, 5.74) is 0. The van der Waals surface area contributed by atoms with E-state index in [2.05, 4.69) is 29.0 Å². The standard InChI is InChI=1S/C18H34N4O3S.HI/c1-15(2)11-19-18(20-12-16-4-10-26(23,24)14-16)22-5-3-17(13-22)21-6-8-25-9-7-21;/h15-17H,3-14H2,1-2H3,(H,19,20);1H. The number of halogens is 1. The van der Waals surface area contributed by atoms with Gasteiger partial charge in [0.25, 0.3) is 0 Å². The molecule has 1 N–H and O–H groups in total. The van der Waals surface area contributed by atoms with E-state index in [-0.39, 0.29) is 29.9 Å². The van der Waals surface area contributed by atoms with Gasteiger partial charge in [0.1, 0.15) is 0 Å². The van der Waals surface area contributed by atoms with E-state index in [4.69, 9.17) is 9.73 Å². The van der Waals surface area contributed by atoms with Gasteiger partial charge in [-0.05, 0) is 24.7 Å². The Labute approximate surface area is 181 Å². The molecular weight excluding hydrogens is 479 g/mol. The minimum absolute atomic E-state index is 0. The molecule has 0 aliphatic carbocycles. The van der Waals surface area contributed by atoms with Crippen molar-refractivity contribution in [2.75, 3.05) is 64.0 Å². The Morgan fingerprint density at radius 2 is 1.96 bits per heavy atom. The molecule has 3 heterocycles. The van der Waals surface area contributed by atoms with Crippen LogP contribution in [-0.2, 0) is 14.6 Å². The molecule has 158 valence electrons. The van der Waals surface area contributed by atoms with Crippen molar-refractivity contribution < 1.29 is 13.2 Å². The van der Waals surface area contributed by atoms with E-state index in [9.17, 15) is 8.42 Å². The van der Waals surface area contributed by atoms with Crippen LogP contribution < -0.4 is 5.32 Å². The molecule has 0 aromatic rings. The number of rotatable bonds is 5. The van der Waals surface area contributed by atoms with Crippen LogP contribution in [0.1, 0.15) is 26.7 Å². The second kappa shape index (κ2) is 10.6. The monoisotopic (exact) mass is 514 g/mol. The normalized spacial score (nSPS) is 29.1. The van der Waals surface area contributed by atoms with E-state index in [1.165, 1.54) is 0 Å². The van der Waals surface area contributed by atoms with Crippen molar-refractivity contribution in [3.63, 3.8) is 0 Å². The highest BCUT2D eigenvalue weighted by molar-refractivity contribution is 14.0. The Kier molecular flexibility index (Phi) is 9.08. The fourth-order valence-electron chi connectivity index (χ4n) is 3.98. The number of guanidine groups is 1. The Bertz CT molecular complexity index is 593. The fourth-order valence-corrected chi connectivity index (χ4v) is 5.84. The topological polar surface area (TPSA) is 74.2 Å². The zero-order chi connectivity index (χ0) is 18.6. The highest BCUT2D eigenvalue weighted by Gasteiger charge is 2.32. The van der Waals surface area contributed by atoms with E-state index in [0.717, 1.165) is 64.7 Å². The predicted molar refractivity (Wildman–Crippen MR) is 120 cm³/mol. The van der Waals surface area contributed by atoms with Gasteiger partial charge in [0.05, 0.1) is 24.7 Å². The molecule has 27 heavy (non-hydrogen) atoms. The molecule has 2 unspecified atom stereocenters. The SMILES string of the molecule is CC(C)CN=C(NCC1CCS(=O)(=O)C1)N1CCC(N2CCOCC2)C1.I. The third-order valence-electron chi connectivity index (χ3n) is 5.51. The summed E-state index contributed by atoms with van der Waals surface area (Å²) in [6.07, 6.45) is 1.92. The fraction of sp³-hybridized carbons (Fsp3) is 0.944. The number of likely N-dealkylation sites (tertiary alicyclic amines) is 1. The van der Waals surface area contributed by atoms with Gasteiger partial charge in [-0.15, -0.1) is 24.0 Å². The lowest BCUT2D eigenvalue weighted by atomic mass is 10.1. The number of nitrogens with one attached hydrogen (secondary N) is 1. The third-order valence-corrected chi connectivity index (χ3v) is 7.34. The Morgan fingerprint density at radius 1 is 1.22 bits per heavy atom. The lowest BCUT2D eigenvalue weighted by molar-refractivity contribution is 0.0194. The van der Waals surface area contributed by atoms with E-state index >= 15 is 0 Å². The van der Waals surface area contributed by atoms with Gasteiger partial charge in [0.2, 0.25) is 0 Å². The largest absolute Gasteiger partial charge is 0.379 e. The molecule has 3 fully saturated rings. The third kappa shape index (κ3) is 7.01. The van der Waals surface area contributed by atoms with E-state index in [0.29, 0.717) is 30.0 Å². The molecule has 3 saturated heterocycles. The van der Waals surface area contributed by atoms with Crippen LogP contribution in [0.2, 0.25) is 0 Å². The molecule has 2 atom stereocenters. The molecule has 0 amide bonds. The summed E-state index contributed by atoms with van der Waals surface area (Å²) in [4.78, 5) is 9.71. The first-order chi connectivity index (χ1) is 12.4. The lowest BCUT2D eigenvalue weighted by Crippen LogP contribution is -2.47. The molecule has 7 nitrogen and oxygen atoms in total. The minimum atomic E-state index is -2.82. The number of hydrogen-bond acceptors (Lipinski definition) is 5. The van der Waals surface area contributed by atoms with Gasteiger partial charge in [-0.3, -0.25) is 9.89 Å². The van der Waals surface area contributed by atoms with Gasteiger partial charge in [-0.25, -0.2) is 8.42 Å². The summed E-state index contributed by atoms with van der Waals surface area (Å²) in [5.74, 6) is 2.33. The highest BCUT2D eigenvalue weighted by atomic mass is 127. The lowest BCUT2D eigenvalue weighted by Gasteiger charge is -2.32. The molecule has 3 aliphatic heterocycles. The maximum absolute atomic E-state index is 11.7. The van der Waals surface area contributed by atoms with E-state index in [1.807, 2.05) is 0 Å². The number of nitrogens with zero attached hydrogens (tertiary/aromatic N) is 3. The van der Waals surface area contributed by atoms with Crippen LogP contribution in [0, 0.1) is 11.8 Å². The van der Waals surface area contributed by atoms with E-state index < -0.39 is 9.84 Å². The molecule has 0 aromatic carbocycles. The first kappa shape index (κ1) is 23.2. The minimum Gasteiger partial charge on any atom is -0.379 e. The summed E-state index contributed by atoms with van der Waals surface area (Å²) in [6.45, 7) is 11.5. The molecule has 3 rings (SSSR count). The van der Waals surface area contributed by atoms with Crippen molar-refractivity contribution in [2.24, 2.45) is 16.8 Å². The summed E-state index contributed by atoms with van der Waals surface area (Å²) >= 11 is 0. The van der Waals surface area contributed by atoms with Crippen molar-refractivity contribution in [3.05, 3.63) is 0 Å². The first-order valence-corrected chi connectivity index (χ1v) is 11.8.